The zero-order valence-electron chi connectivity index (χ0n) is 4.97. The monoisotopic (exact) mass is 146 g/mol. The van der Waals surface area contributed by atoms with E-state index in [2.05, 4.69) is 4.98 Å². The highest BCUT2D eigenvalue weighted by Gasteiger charge is 2.24. The Kier molecular flexibility index (Phi) is 1.65. The molecule has 0 saturated carbocycles. The van der Waals surface area contributed by atoms with E-state index < -0.39 is 12.4 Å². The summed E-state index contributed by atoms with van der Waals surface area (Å²) in [7, 11) is 0. The minimum absolute atomic E-state index is 0.650. The van der Waals surface area contributed by atoms with Gasteiger partial charge in [-0.25, -0.2) is 0 Å². The van der Waals surface area contributed by atoms with E-state index in [0.717, 1.165) is 12.3 Å². The number of aromatic nitrogens is 1. The second kappa shape index (κ2) is 2.32. The molecule has 0 N–H and O–H groups in total. The highest BCUT2D eigenvalue weighted by molar-refractivity contribution is 6.73. The van der Waals surface area contributed by atoms with Gasteiger partial charge in [-0.3, -0.25) is 4.98 Å². The zero-order chi connectivity index (χ0) is 7.61. The van der Waals surface area contributed by atoms with Crippen molar-refractivity contribution in [2.45, 2.75) is 0 Å². The van der Waals surface area contributed by atoms with Gasteiger partial charge in [-0.05, 0) is 12.3 Å². The van der Waals surface area contributed by atoms with Gasteiger partial charge in [0, 0.05) is 6.20 Å². The standard InChI is InChI=1S/C5H4BF3N/c7-6(8,9)5-2-1-3-10-4-5/h1-4H/q-1. The van der Waals surface area contributed by atoms with E-state index in [-0.39, 0.29) is 0 Å². The SMILES string of the molecule is F[B-](F)(F)c1cccnc1. The number of hydrogen-bond donors (Lipinski definition) is 0. The van der Waals surface area contributed by atoms with Crippen LogP contribution in [0.15, 0.2) is 24.5 Å². The van der Waals surface area contributed by atoms with Crippen molar-refractivity contribution >= 4 is 12.4 Å². The molecule has 0 radical (unpaired) electrons. The van der Waals surface area contributed by atoms with Crippen LogP contribution in [0.25, 0.3) is 0 Å². The number of nitrogens with zero attached hydrogens (tertiary/aromatic N) is 1. The minimum atomic E-state index is -4.87. The van der Waals surface area contributed by atoms with Crippen molar-refractivity contribution in [1.29, 1.82) is 0 Å². The van der Waals surface area contributed by atoms with E-state index in [1.807, 2.05) is 0 Å². The number of rotatable bonds is 1. The fourth-order valence-corrected chi connectivity index (χ4v) is 0.570. The summed E-state index contributed by atoms with van der Waals surface area (Å²) >= 11 is 0. The van der Waals surface area contributed by atoms with Crippen LogP contribution in [0.4, 0.5) is 12.9 Å². The first-order valence-electron chi connectivity index (χ1n) is 2.70. The van der Waals surface area contributed by atoms with Gasteiger partial charge >= 0.3 is 6.98 Å². The molecule has 0 aromatic carbocycles. The summed E-state index contributed by atoms with van der Waals surface area (Å²) < 4.78 is 35.4. The Morgan fingerprint density at radius 2 is 2.00 bits per heavy atom. The summed E-state index contributed by atoms with van der Waals surface area (Å²) in [4.78, 5) is 3.35. The maximum absolute atomic E-state index is 11.8. The molecule has 0 fully saturated rings. The molecule has 54 valence electrons. The molecule has 0 saturated heterocycles. The van der Waals surface area contributed by atoms with Crippen LogP contribution < -0.4 is 5.46 Å². The molecule has 1 rings (SSSR count). The van der Waals surface area contributed by atoms with Crippen LogP contribution >= 0.6 is 0 Å². The van der Waals surface area contributed by atoms with Gasteiger partial charge in [0.05, 0.1) is 0 Å². The maximum Gasteiger partial charge on any atom is 0.511 e. The van der Waals surface area contributed by atoms with E-state index in [0.29, 0.717) is 0 Å². The summed E-state index contributed by atoms with van der Waals surface area (Å²) in [5.74, 6) is 0. The smallest absolute Gasteiger partial charge is 0.445 e. The average Bonchev–Trinajstić information content (AvgIpc) is 1.88. The molecule has 5 heteroatoms. The lowest BCUT2D eigenvalue weighted by molar-refractivity contribution is 0.500. The van der Waals surface area contributed by atoms with Gasteiger partial charge in [-0.2, -0.15) is 0 Å². The van der Waals surface area contributed by atoms with Gasteiger partial charge in [-0.15, -0.1) is 0 Å². The Hall–Kier alpha value is -0.995. The molecule has 0 aliphatic carbocycles. The molecule has 0 spiro atoms. The Balaban J connectivity index is 2.97. The lowest BCUT2D eigenvalue weighted by Crippen LogP contribution is -2.33. The van der Waals surface area contributed by atoms with Crippen molar-refractivity contribution in [2.75, 3.05) is 0 Å². The molecule has 0 aliphatic heterocycles. The van der Waals surface area contributed by atoms with Gasteiger partial charge in [0.1, 0.15) is 0 Å². The van der Waals surface area contributed by atoms with Crippen LogP contribution in [0.3, 0.4) is 0 Å². The minimum Gasteiger partial charge on any atom is -0.445 e. The first-order valence-corrected chi connectivity index (χ1v) is 2.70. The van der Waals surface area contributed by atoms with E-state index in [1.165, 1.54) is 12.3 Å². The molecule has 0 atom stereocenters. The van der Waals surface area contributed by atoms with Gasteiger partial charge < -0.3 is 12.9 Å². The van der Waals surface area contributed by atoms with E-state index in [1.54, 1.807) is 0 Å². The van der Waals surface area contributed by atoms with Crippen LogP contribution in [0.2, 0.25) is 0 Å². The van der Waals surface area contributed by atoms with E-state index in [9.17, 15) is 12.9 Å². The first kappa shape index (κ1) is 7.12. The average molecular weight is 146 g/mol. The van der Waals surface area contributed by atoms with Crippen molar-refractivity contribution in [2.24, 2.45) is 0 Å². The molecule has 0 unspecified atom stereocenters. The Bertz CT molecular complexity index is 208. The van der Waals surface area contributed by atoms with Crippen LogP contribution in [0.5, 0.6) is 0 Å². The van der Waals surface area contributed by atoms with Gasteiger partial charge in [-0.1, -0.05) is 11.5 Å². The predicted molar refractivity (Wildman–Crippen MR) is 32.9 cm³/mol. The molecule has 1 aromatic rings. The van der Waals surface area contributed by atoms with Crippen LogP contribution in [-0.2, 0) is 0 Å². The number of halogens is 3. The van der Waals surface area contributed by atoms with Crippen molar-refractivity contribution in [3.05, 3.63) is 24.5 Å². The Labute approximate surface area is 56.0 Å². The van der Waals surface area contributed by atoms with Crippen LogP contribution in [0, 0.1) is 0 Å². The molecule has 10 heavy (non-hydrogen) atoms. The topological polar surface area (TPSA) is 12.9 Å². The van der Waals surface area contributed by atoms with Crippen molar-refractivity contribution in [3.63, 3.8) is 0 Å². The number of hydrogen-bond acceptors (Lipinski definition) is 1. The Morgan fingerprint density at radius 3 is 2.30 bits per heavy atom. The second-order valence-corrected chi connectivity index (χ2v) is 1.86. The molecule has 1 heterocycles. The van der Waals surface area contributed by atoms with Crippen LogP contribution in [-0.4, -0.2) is 12.0 Å². The molecule has 1 nitrogen and oxygen atoms in total. The third-order valence-corrected chi connectivity index (χ3v) is 1.06. The number of pyridine rings is 1. The fraction of sp³-hybridized carbons (Fsp3) is 0. The summed E-state index contributed by atoms with van der Waals surface area (Å²) in [5.41, 5.74) is -0.650. The normalized spacial score (nSPS) is 11.5. The van der Waals surface area contributed by atoms with Crippen molar-refractivity contribution < 1.29 is 12.9 Å². The summed E-state index contributed by atoms with van der Waals surface area (Å²) in [6, 6.07) is 2.28. The molecular weight excluding hydrogens is 142 g/mol. The van der Waals surface area contributed by atoms with Crippen molar-refractivity contribution in [3.8, 4) is 0 Å². The summed E-state index contributed by atoms with van der Waals surface area (Å²) in [6.07, 6.45) is 2.13. The highest BCUT2D eigenvalue weighted by atomic mass is 19.4. The molecule has 0 bridgehead atoms. The largest absolute Gasteiger partial charge is 0.511 e. The van der Waals surface area contributed by atoms with Gasteiger partial charge in [0.2, 0.25) is 0 Å². The van der Waals surface area contributed by atoms with Crippen molar-refractivity contribution in [1.82, 2.24) is 4.98 Å². The lowest BCUT2D eigenvalue weighted by atomic mass is 9.82. The van der Waals surface area contributed by atoms with Gasteiger partial charge in [0.15, 0.2) is 0 Å². The van der Waals surface area contributed by atoms with E-state index >= 15 is 0 Å². The summed E-state index contributed by atoms with van der Waals surface area (Å²) in [5, 5.41) is 0. The Morgan fingerprint density at radius 1 is 1.30 bits per heavy atom. The molecule has 0 aliphatic rings. The quantitative estimate of drug-likeness (QED) is 0.541. The predicted octanol–water partition coefficient (Wildman–Crippen LogP) is 1.14. The summed E-state index contributed by atoms with van der Waals surface area (Å²) in [6.45, 7) is -4.87. The van der Waals surface area contributed by atoms with Crippen LogP contribution in [0.1, 0.15) is 0 Å². The maximum atomic E-state index is 11.8. The molecule has 0 amide bonds. The third-order valence-electron chi connectivity index (χ3n) is 1.06. The lowest BCUT2D eigenvalue weighted by Gasteiger charge is -2.12. The second-order valence-electron chi connectivity index (χ2n) is 1.86. The first-order chi connectivity index (χ1) is 4.61. The highest BCUT2D eigenvalue weighted by Crippen LogP contribution is 2.06. The molecule has 1 aromatic heterocycles. The third kappa shape index (κ3) is 1.49. The zero-order valence-corrected chi connectivity index (χ0v) is 4.97. The molecular formula is C5H4BF3N-. The fourth-order valence-electron chi connectivity index (χ4n) is 0.570. The van der Waals surface area contributed by atoms with E-state index in [4.69, 9.17) is 0 Å². The van der Waals surface area contributed by atoms with Gasteiger partial charge in [0.25, 0.3) is 0 Å².